The predicted molar refractivity (Wildman–Crippen MR) is 89.6 cm³/mol. The third-order valence-electron chi connectivity index (χ3n) is 3.94. The average molecular weight is 320 g/mol. The normalized spacial score (nSPS) is 16.6. The number of nitro benzene ring substituents is 1. The van der Waals surface area contributed by atoms with Crippen LogP contribution in [0.15, 0.2) is 24.3 Å². The molecule has 0 radical (unpaired) electrons. The predicted octanol–water partition coefficient (Wildman–Crippen LogP) is 2.84. The molecule has 1 aliphatic heterocycles. The molecule has 7 heteroatoms. The number of likely N-dealkylation sites (tertiary alicyclic amines) is 1. The first-order valence-corrected chi connectivity index (χ1v) is 8.06. The van der Waals surface area contributed by atoms with Gasteiger partial charge in [-0.2, -0.15) is 0 Å². The van der Waals surface area contributed by atoms with E-state index in [2.05, 4.69) is 22.5 Å². The zero-order valence-corrected chi connectivity index (χ0v) is 13.5. The number of urea groups is 1. The molecule has 1 unspecified atom stereocenters. The molecule has 0 spiro atoms. The summed E-state index contributed by atoms with van der Waals surface area (Å²) in [5, 5.41) is 16.2. The second kappa shape index (κ2) is 8.47. The molecule has 1 heterocycles. The van der Waals surface area contributed by atoms with Crippen molar-refractivity contribution in [2.24, 2.45) is 5.92 Å². The molecule has 126 valence electrons. The van der Waals surface area contributed by atoms with Crippen molar-refractivity contribution in [3.8, 4) is 0 Å². The molecule has 2 rings (SSSR count). The van der Waals surface area contributed by atoms with Crippen molar-refractivity contribution in [2.45, 2.75) is 26.2 Å². The zero-order valence-electron chi connectivity index (χ0n) is 13.5. The molecule has 2 amide bonds. The number of carbonyl (C=O) groups excluding carboxylic acids is 1. The lowest BCUT2D eigenvalue weighted by Gasteiger charge is -2.29. The van der Waals surface area contributed by atoms with Crippen LogP contribution in [0.1, 0.15) is 26.2 Å². The fourth-order valence-electron chi connectivity index (χ4n) is 2.79. The zero-order chi connectivity index (χ0) is 16.7. The van der Waals surface area contributed by atoms with Gasteiger partial charge in [-0.1, -0.05) is 19.4 Å². The molecule has 7 nitrogen and oxygen atoms in total. The first kappa shape index (κ1) is 17.2. The van der Waals surface area contributed by atoms with E-state index < -0.39 is 4.92 Å². The lowest BCUT2D eigenvalue weighted by molar-refractivity contribution is -0.384. The van der Waals surface area contributed by atoms with Crippen LogP contribution in [0.5, 0.6) is 0 Å². The minimum absolute atomic E-state index is 0.0405. The Bertz CT molecular complexity index is 544. The Morgan fingerprint density at radius 2 is 2.09 bits per heavy atom. The van der Waals surface area contributed by atoms with Crippen molar-refractivity contribution in [2.75, 3.05) is 31.5 Å². The number of non-ortho nitro benzene ring substituents is 1. The maximum atomic E-state index is 11.9. The van der Waals surface area contributed by atoms with Crippen LogP contribution in [0.2, 0.25) is 0 Å². The van der Waals surface area contributed by atoms with Gasteiger partial charge in [-0.15, -0.1) is 0 Å². The first-order valence-electron chi connectivity index (χ1n) is 8.06. The monoisotopic (exact) mass is 320 g/mol. The summed E-state index contributed by atoms with van der Waals surface area (Å²) in [4.78, 5) is 24.6. The summed E-state index contributed by atoms with van der Waals surface area (Å²) >= 11 is 0. The van der Waals surface area contributed by atoms with Gasteiger partial charge in [0.1, 0.15) is 0 Å². The number of nitro groups is 1. The number of anilines is 1. The van der Waals surface area contributed by atoms with Gasteiger partial charge < -0.3 is 15.5 Å². The van der Waals surface area contributed by atoms with Gasteiger partial charge in [-0.05, 0) is 37.9 Å². The third-order valence-corrected chi connectivity index (χ3v) is 3.94. The van der Waals surface area contributed by atoms with Gasteiger partial charge in [-0.3, -0.25) is 10.1 Å². The van der Waals surface area contributed by atoms with E-state index in [0.717, 1.165) is 19.6 Å². The van der Waals surface area contributed by atoms with Gasteiger partial charge in [0.15, 0.2) is 0 Å². The van der Waals surface area contributed by atoms with E-state index in [-0.39, 0.29) is 11.7 Å². The fourth-order valence-corrected chi connectivity index (χ4v) is 2.79. The summed E-state index contributed by atoms with van der Waals surface area (Å²) < 4.78 is 0. The van der Waals surface area contributed by atoms with Gasteiger partial charge in [-0.25, -0.2) is 4.79 Å². The molecule has 0 aromatic heterocycles. The molecule has 0 bridgehead atoms. The van der Waals surface area contributed by atoms with E-state index in [0.29, 0.717) is 18.2 Å². The van der Waals surface area contributed by atoms with Crippen LogP contribution in [-0.4, -0.2) is 42.0 Å². The smallest absolute Gasteiger partial charge is 0.319 e. The van der Waals surface area contributed by atoms with E-state index in [1.54, 1.807) is 12.1 Å². The molecule has 2 N–H and O–H groups in total. The molecular weight excluding hydrogens is 296 g/mol. The number of carbonyl (C=O) groups is 1. The molecule has 1 fully saturated rings. The Morgan fingerprint density at radius 1 is 1.35 bits per heavy atom. The average Bonchev–Trinajstić information content (AvgIpc) is 2.54. The lowest BCUT2D eigenvalue weighted by atomic mass is 10.1. The minimum atomic E-state index is -0.482. The number of nitrogens with one attached hydrogen (secondary N) is 2. The highest BCUT2D eigenvalue weighted by Gasteiger charge is 2.14. The van der Waals surface area contributed by atoms with Gasteiger partial charge in [0, 0.05) is 30.9 Å². The molecule has 0 saturated carbocycles. The SMILES string of the molecule is CC(CNC(=O)Nc1cccc([N+](=O)[O-])c1)CN1CCCCC1. The number of nitrogens with zero attached hydrogens (tertiary/aromatic N) is 2. The highest BCUT2D eigenvalue weighted by molar-refractivity contribution is 5.89. The lowest BCUT2D eigenvalue weighted by Crippen LogP contribution is -2.39. The number of hydrogen-bond acceptors (Lipinski definition) is 4. The van der Waals surface area contributed by atoms with Gasteiger partial charge >= 0.3 is 6.03 Å². The van der Waals surface area contributed by atoms with Gasteiger partial charge in [0.25, 0.3) is 5.69 Å². The molecule has 1 atom stereocenters. The second-order valence-electron chi connectivity index (χ2n) is 6.11. The van der Waals surface area contributed by atoms with Crippen LogP contribution in [0.3, 0.4) is 0 Å². The fraction of sp³-hybridized carbons (Fsp3) is 0.562. The molecule has 1 aromatic rings. The van der Waals surface area contributed by atoms with Crippen LogP contribution < -0.4 is 10.6 Å². The van der Waals surface area contributed by atoms with Crippen LogP contribution in [0, 0.1) is 16.0 Å². The number of amides is 2. The Morgan fingerprint density at radius 3 is 2.78 bits per heavy atom. The largest absolute Gasteiger partial charge is 0.338 e. The molecular formula is C16H24N4O3. The molecule has 1 aromatic carbocycles. The highest BCUT2D eigenvalue weighted by atomic mass is 16.6. The topological polar surface area (TPSA) is 87.5 Å². The Hall–Kier alpha value is -2.15. The van der Waals surface area contributed by atoms with Crippen molar-refractivity contribution < 1.29 is 9.72 Å². The maximum absolute atomic E-state index is 11.9. The summed E-state index contributed by atoms with van der Waals surface area (Å²) in [6.07, 6.45) is 3.83. The minimum Gasteiger partial charge on any atom is -0.338 e. The number of hydrogen-bond donors (Lipinski definition) is 2. The van der Waals surface area contributed by atoms with Crippen molar-refractivity contribution in [1.82, 2.24) is 10.2 Å². The van der Waals surface area contributed by atoms with Crippen LogP contribution in [0.25, 0.3) is 0 Å². The Kier molecular flexibility index (Phi) is 6.34. The van der Waals surface area contributed by atoms with E-state index in [1.165, 1.54) is 31.4 Å². The van der Waals surface area contributed by atoms with E-state index in [9.17, 15) is 14.9 Å². The van der Waals surface area contributed by atoms with Crippen molar-refractivity contribution in [1.29, 1.82) is 0 Å². The summed E-state index contributed by atoms with van der Waals surface area (Å²) in [7, 11) is 0. The van der Waals surface area contributed by atoms with E-state index in [4.69, 9.17) is 0 Å². The first-order chi connectivity index (χ1) is 11.0. The van der Waals surface area contributed by atoms with Crippen molar-refractivity contribution >= 4 is 17.4 Å². The van der Waals surface area contributed by atoms with Crippen LogP contribution >= 0.6 is 0 Å². The summed E-state index contributed by atoms with van der Waals surface area (Å²) in [5.41, 5.74) is 0.377. The van der Waals surface area contributed by atoms with Crippen LogP contribution in [0.4, 0.5) is 16.2 Å². The third kappa shape index (κ3) is 5.86. The quantitative estimate of drug-likeness (QED) is 0.623. The maximum Gasteiger partial charge on any atom is 0.319 e. The number of benzene rings is 1. The van der Waals surface area contributed by atoms with Crippen molar-refractivity contribution in [3.05, 3.63) is 34.4 Å². The second-order valence-corrected chi connectivity index (χ2v) is 6.11. The van der Waals surface area contributed by atoms with E-state index >= 15 is 0 Å². The summed E-state index contributed by atoms with van der Waals surface area (Å²) in [6, 6.07) is 5.58. The number of rotatable bonds is 6. The Labute approximate surface area is 136 Å². The summed E-state index contributed by atoms with van der Waals surface area (Å²) in [5.74, 6) is 0.365. The highest BCUT2D eigenvalue weighted by Crippen LogP contribution is 2.16. The van der Waals surface area contributed by atoms with Crippen molar-refractivity contribution in [3.63, 3.8) is 0 Å². The van der Waals surface area contributed by atoms with Gasteiger partial charge in [0.05, 0.1) is 4.92 Å². The Balaban J connectivity index is 1.73. The molecule has 1 aliphatic rings. The summed E-state index contributed by atoms with van der Waals surface area (Å²) in [6.45, 7) is 5.96. The molecule has 1 saturated heterocycles. The van der Waals surface area contributed by atoms with Crippen LogP contribution in [-0.2, 0) is 0 Å². The molecule has 0 aliphatic carbocycles. The van der Waals surface area contributed by atoms with E-state index in [1.807, 2.05) is 0 Å². The number of piperidine rings is 1. The molecule has 23 heavy (non-hydrogen) atoms. The van der Waals surface area contributed by atoms with Gasteiger partial charge in [0.2, 0.25) is 0 Å². The standard InChI is InChI=1S/C16H24N4O3/c1-13(12-19-8-3-2-4-9-19)11-17-16(21)18-14-6-5-7-15(10-14)20(22)23/h5-7,10,13H,2-4,8-9,11-12H2,1H3,(H2,17,18,21).